The molecule has 0 aliphatic carbocycles. The third-order valence-corrected chi connectivity index (χ3v) is 6.06. The van der Waals surface area contributed by atoms with Crippen molar-refractivity contribution < 1.29 is 4.79 Å². The standard InChI is InChI=1S/C23H26ClN3O2S/c1-14(2)13-27-22(29)19-12-18(24)10-11-20(19)26-23(27)30-16(4)21(28)25-15(3)17-8-6-5-7-9-17/h5-12,14-16H,13H2,1-4H3,(H,25,28)/t15-,16-/m1/s1. The van der Waals surface area contributed by atoms with Gasteiger partial charge in [0, 0.05) is 11.6 Å². The van der Waals surface area contributed by atoms with E-state index in [2.05, 4.69) is 10.3 Å². The number of halogens is 1. The fraction of sp³-hybridized carbons (Fsp3) is 0.348. The molecule has 30 heavy (non-hydrogen) atoms. The first-order valence-corrected chi connectivity index (χ1v) is 11.2. The Hall–Kier alpha value is -2.31. The molecule has 7 heteroatoms. The van der Waals surface area contributed by atoms with Crippen molar-refractivity contribution >= 4 is 40.2 Å². The zero-order chi connectivity index (χ0) is 21.8. The Bertz CT molecular complexity index is 1100. The van der Waals surface area contributed by atoms with E-state index >= 15 is 0 Å². The Morgan fingerprint density at radius 3 is 2.50 bits per heavy atom. The number of aromatic nitrogens is 2. The number of benzene rings is 2. The number of amides is 1. The lowest BCUT2D eigenvalue weighted by molar-refractivity contribution is -0.120. The molecule has 2 atom stereocenters. The van der Waals surface area contributed by atoms with E-state index in [0.717, 1.165) is 5.56 Å². The third kappa shape index (κ3) is 5.24. The van der Waals surface area contributed by atoms with Crippen molar-refractivity contribution in [3.63, 3.8) is 0 Å². The van der Waals surface area contributed by atoms with Crippen molar-refractivity contribution in [2.24, 2.45) is 5.92 Å². The Kier molecular flexibility index (Phi) is 7.21. The van der Waals surface area contributed by atoms with Crippen LogP contribution in [-0.4, -0.2) is 20.7 Å². The summed E-state index contributed by atoms with van der Waals surface area (Å²) in [5, 5.41) is 4.16. The van der Waals surface area contributed by atoms with Crippen LogP contribution in [0.25, 0.3) is 10.9 Å². The lowest BCUT2D eigenvalue weighted by atomic mass is 10.1. The van der Waals surface area contributed by atoms with E-state index in [1.165, 1.54) is 11.8 Å². The number of carbonyl (C=O) groups excluding carboxylic acids is 1. The number of hydrogen-bond acceptors (Lipinski definition) is 4. The number of nitrogens with zero attached hydrogens (tertiary/aromatic N) is 2. The molecule has 0 unspecified atom stereocenters. The van der Waals surface area contributed by atoms with Crippen molar-refractivity contribution in [2.45, 2.75) is 50.7 Å². The number of nitrogens with one attached hydrogen (secondary N) is 1. The first-order valence-electron chi connectivity index (χ1n) is 9.98. The number of fused-ring (bicyclic) bond motifs is 1. The van der Waals surface area contributed by atoms with E-state index in [-0.39, 0.29) is 23.4 Å². The van der Waals surface area contributed by atoms with E-state index in [1.807, 2.05) is 58.0 Å². The smallest absolute Gasteiger partial charge is 0.262 e. The lowest BCUT2D eigenvalue weighted by Crippen LogP contribution is -2.34. The Morgan fingerprint density at radius 1 is 1.13 bits per heavy atom. The molecule has 0 aliphatic rings. The minimum atomic E-state index is -0.411. The van der Waals surface area contributed by atoms with Gasteiger partial charge in [-0.05, 0) is 43.5 Å². The average Bonchev–Trinajstić information content (AvgIpc) is 2.71. The maximum Gasteiger partial charge on any atom is 0.262 e. The highest BCUT2D eigenvalue weighted by molar-refractivity contribution is 8.00. The summed E-state index contributed by atoms with van der Waals surface area (Å²) in [4.78, 5) is 30.6. The maximum absolute atomic E-state index is 13.1. The minimum absolute atomic E-state index is 0.0992. The quantitative estimate of drug-likeness (QED) is 0.409. The Morgan fingerprint density at radius 2 is 1.83 bits per heavy atom. The first kappa shape index (κ1) is 22.4. The SMILES string of the molecule is CC(C)Cn1c(S[C@H](C)C(=O)N[C@H](C)c2ccccc2)nc2ccc(Cl)cc2c1=O. The molecule has 158 valence electrons. The van der Waals surface area contributed by atoms with Gasteiger partial charge in [-0.3, -0.25) is 14.2 Å². The van der Waals surface area contributed by atoms with E-state index in [9.17, 15) is 9.59 Å². The molecule has 1 N–H and O–H groups in total. The predicted molar refractivity (Wildman–Crippen MR) is 124 cm³/mol. The largest absolute Gasteiger partial charge is 0.349 e. The molecule has 0 fully saturated rings. The van der Waals surface area contributed by atoms with Crippen molar-refractivity contribution in [3.05, 3.63) is 69.5 Å². The van der Waals surface area contributed by atoms with Crippen LogP contribution < -0.4 is 10.9 Å². The van der Waals surface area contributed by atoms with Crippen molar-refractivity contribution in [1.29, 1.82) is 0 Å². The van der Waals surface area contributed by atoms with Gasteiger partial charge in [-0.1, -0.05) is 67.5 Å². The second kappa shape index (κ2) is 9.67. The summed E-state index contributed by atoms with van der Waals surface area (Å²) in [6, 6.07) is 14.8. The highest BCUT2D eigenvalue weighted by atomic mass is 35.5. The molecule has 0 radical (unpaired) electrons. The van der Waals surface area contributed by atoms with Crippen molar-refractivity contribution in [2.75, 3.05) is 0 Å². The van der Waals surface area contributed by atoms with E-state index < -0.39 is 5.25 Å². The van der Waals surface area contributed by atoms with Gasteiger partial charge in [0.1, 0.15) is 0 Å². The van der Waals surface area contributed by atoms with Crippen LogP contribution in [0.2, 0.25) is 5.02 Å². The van der Waals surface area contributed by atoms with Gasteiger partial charge in [-0.25, -0.2) is 4.98 Å². The molecule has 0 aliphatic heterocycles. The summed E-state index contributed by atoms with van der Waals surface area (Å²) < 4.78 is 1.65. The average molecular weight is 444 g/mol. The van der Waals surface area contributed by atoms with Crippen LogP contribution in [0.1, 0.15) is 39.3 Å². The van der Waals surface area contributed by atoms with Crippen LogP contribution in [0.5, 0.6) is 0 Å². The summed E-state index contributed by atoms with van der Waals surface area (Å²) in [5.74, 6) is 0.153. The third-order valence-electron chi connectivity index (χ3n) is 4.74. The monoisotopic (exact) mass is 443 g/mol. The van der Waals surface area contributed by atoms with Crippen molar-refractivity contribution in [1.82, 2.24) is 14.9 Å². The van der Waals surface area contributed by atoms with Crippen LogP contribution in [0.3, 0.4) is 0 Å². The molecule has 3 rings (SSSR count). The van der Waals surface area contributed by atoms with Crippen LogP contribution in [-0.2, 0) is 11.3 Å². The molecule has 2 aromatic carbocycles. The Balaban J connectivity index is 1.87. The van der Waals surface area contributed by atoms with Gasteiger partial charge in [0.2, 0.25) is 5.91 Å². The van der Waals surface area contributed by atoms with Crippen LogP contribution in [0.4, 0.5) is 0 Å². The van der Waals surface area contributed by atoms with Gasteiger partial charge >= 0.3 is 0 Å². The zero-order valence-corrected chi connectivity index (χ0v) is 19.1. The van der Waals surface area contributed by atoms with Crippen LogP contribution in [0.15, 0.2) is 58.5 Å². The first-order chi connectivity index (χ1) is 14.3. The predicted octanol–water partition coefficient (Wildman–Crippen LogP) is 5.06. The van der Waals surface area contributed by atoms with Gasteiger partial charge in [-0.2, -0.15) is 0 Å². The number of carbonyl (C=O) groups is 1. The van der Waals surface area contributed by atoms with E-state index in [4.69, 9.17) is 11.6 Å². The van der Waals surface area contributed by atoms with Crippen LogP contribution >= 0.6 is 23.4 Å². The molecule has 0 saturated heterocycles. The molecular formula is C23H26ClN3O2S. The van der Waals surface area contributed by atoms with Gasteiger partial charge in [-0.15, -0.1) is 0 Å². The summed E-state index contributed by atoms with van der Waals surface area (Å²) in [6.07, 6.45) is 0. The van der Waals surface area contributed by atoms with Crippen LogP contribution in [0, 0.1) is 5.92 Å². The van der Waals surface area contributed by atoms with E-state index in [0.29, 0.717) is 27.6 Å². The number of rotatable bonds is 7. The van der Waals surface area contributed by atoms with E-state index in [1.54, 1.807) is 22.8 Å². The molecule has 0 saturated carbocycles. The minimum Gasteiger partial charge on any atom is -0.349 e. The fourth-order valence-electron chi connectivity index (χ4n) is 3.16. The molecular weight excluding hydrogens is 418 g/mol. The van der Waals surface area contributed by atoms with Crippen molar-refractivity contribution in [3.8, 4) is 0 Å². The zero-order valence-electron chi connectivity index (χ0n) is 17.6. The fourth-order valence-corrected chi connectivity index (χ4v) is 4.26. The van der Waals surface area contributed by atoms with Gasteiger partial charge in [0.15, 0.2) is 5.16 Å². The molecule has 1 heterocycles. The normalized spacial score (nSPS) is 13.4. The number of hydrogen-bond donors (Lipinski definition) is 1. The number of thioether (sulfide) groups is 1. The lowest BCUT2D eigenvalue weighted by Gasteiger charge is -2.20. The van der Waals surface area contributed by atoms with Gasteiger partial charge in [0.05, 0.1) is 22.2 Å². The summed E-state index contributed by atoms with van der Waals surface area (Å²) in [7, 11) is 0. The topological polar surface area (TPSA) is 64.0 Å². The molecule has 5 nitrogen and oxygen atoms in total. The molecule has 3 aromatic rings. The highest BCUT2D eigenvalue weighted by Crippen LogP contribution is 2.25. The van der Waals surface area contributed by atoms with Gasteiger partial charge in [0.25, 0.3) is 5.56 Å². The Labute approximate surface area is 185 Å². The van der Waals surface area contributed by atoms with Gasteiger partial charge < -0.3 is 5.32 Å². The second-order valence-corrected chi connectivity index (χ2v) is 9.51. The molecule has 0 bridgehead atoms. The molecule has 0 spiro atoms. The maximum atomic E-state index is 13.1. The summed E-state index contributed by atoms with van der Waals surface area (Å²) >= 11 is 7.38. The summed E-state index contributed by atoms with van der Waals surface area (Å²) in [6.45, 7) is 8.39. The molecule has 1 aromatic heterocycles. The molecule has 1 amide bonds. The second-order valence-electron chi connectivity index (χ2n) is 7.77. The highest BCUT2D eigenvalue weighted by Gasteiger charge is 2.21. The summed E-state index contributed by atoms with van der Waals surface area (Å²) in [5.41, 5.74) is 1.49.